The lowest BCUT2D eigenvalue weighted by molar-refractivity contribution is -0.153. The Labute approximate surface area is 148 Å². The quantitative estimate of drug-likeness (QED) is 0.234. The molecule has 4 nitrogen and oxygen atoms in total. The van der Waals surface area contributed by atoms with Crippen LogP contribution < -0.4 is 0 Å². The summed E-state index contributed by atoms with van der Waals surface area (Å²) >= 11 is 0. The van der Waals surface area contributed by atoms with E-state index in [9.17, 15) is 9.59 Å². The maximum Gasteiger partial charge on any atom is 0.316 e. The van der Waals surface area contributed by atoms with E-state index in [1.807, 2.05) is 0 Å². The van der Waals surface area contributed by atoms with E-state index >= 15 is 0 Å². The molecule has 0 bridgehead atoms. The Morgan fingerprint density at radius 2 is 1.38 bits per heavy atom. The molecule has 1 atom stereocenters. The van der Waals surface area contributed by atoms with Crippen LogP contribution >= 0.6 is 0 Å². The highest BCUT2D eigenvalue weighted by Crippen LogP contribution is 2.18. The summed E-state index contributed by atoms with van der Waals surface area (Å²) in [5.41, 5.74) is 0. The molecule has 24 heavy (non-hydrogen) atoms. The van der Waals surface area contributed by atoms with Crippen molar-refractivity contribution in [2.45, 2.75) is 97.3 Å². The number of esters is 1. The zero-order valence-electron chi connectivity index (χ0n) is 15.9. The summed E-state index contributed by atoms with van der Waals surface area (Å²) in [7, 11) is 0. The van der Waals surface area contributed by atoms with Crippen molar-refractivity contribution in [3.8, 4) is 0 Å². The third-order valence-electron chi connectivity index (χ3n) is 4.38. The second kappa shape index (κ2) is 16.9. The molecule has 0 aliphatic rings. The molecule has 0 rings (SSSR count). The predicted molar refractivity (Wildman–Crippen MR) is 97.9 cm³/mol. The third kappa shape index (κ3) is 12.5. The van der Waals surface area contributed by atoms with Gasteiger partial charge in [-0.15, -0.1) is 0 Å². The first-order valence-electron chi connectivity index (χ1n) is 9.97. The second-order valence-electron chi connectivity index (χ2n) is 6.63. The van der Waals surface area contributed by atoms with Crippen LogP contribution in [-0.4, -0.2) is 30.1 Å². The monoisotopic (exact) mass is 342 g/mol. The normalized spacial score (nSPS) is 12.1. The van der Waals surface area contributed by atoms with E-state index < -0.39 is 11.9 Å². The van der Waals surface area contributed by atoms with E-state index in [-0.39, 0.29) is 19.0 Å². The van der Waals surface area contributed by atoms with Crippen LogP contribution in [0.1, 0.15) is 97.3 Å². The molecule has 0 aliphatic carbocycles. The van der Waals surface area contributed by atoms with Gasteiger partial charge in [-0.1, -0.05) is 78.1 Å². The Morgan fingerprint density at radius 1 is 0.833 bits per heavy atom. The van der Waals surface area contributed by atoms with Crippen molar-refractivity contribution in [3.05, 3.63) is 0 Å². The van der Waals surface area contributed by atoms with Gasteiger partial charge in [-0.05, 0) is 12.8 Å². The summed E-state index contributed by atoms with van der Waals surface area (Å²) in [5, 5.41) is 8.79. The minimum absolute atomic E-state index is 0.0139. The van der Waals surface area contributed by atoms with Gasteiger partial charge in [0, 0.05) is 6.42 Å². The fourth-order valence-corrected chi connectivity index (χ4v) is 2.86. The lowest BCUT2D eigenvalue weighted by Gasteiger charge is -2.15. The molecule has 0 aromatic carbocycles. The summed E-state index contributed by atoms with van der Waals surface area (Å²) in [6, 6.07) is 0. The number of hydrogen-bond acceptors (Lipinski definition) is 4. The number of carbonyl (C=O) groups is 2. The van der Waals surface area contributed by atoms with Crippen molar-refractivity contribution in [1.82, 2.24) is 0 Å². The fourth-order valence-electron chi connectivity index (χ4n) is 2.86. The highest BCUT2D eigenvalue weighted by atomic mass is 16.5. The molecule has 0 spiro atoms. The number of hydrogen-bond donors (Lipinski definition) is 1. The van der Waals surface area contributed by atoms with Gasteiger partial charge in [0.2, 0.25) is 0 Å². The second-order valence-corrected chi connectivity index (χ2v) is 6.63. The molecule has 0 radical (unpaired) electrons. The summed E-state index contributed by atoms with van der Waals surface area (Å²) in [5.74, 6) is -1.07. The van der Waals surface area contributed by atoms with Crippen LogP contribution in [-0.2, 0) is 14.3 Å². The van der Waals surface area contributed by atoms with E-state index in [1.165, 1.54) is 32.1 Å². The molecule has 0 saturated carbocycles. The van der Waals surface area contributed by atoms with E-state index in [4.69, 9.17) is 9.84 Å². The van der Waals surface area contributed by atoms with Gasteiger partial charge in [0.05, 0.1) is 6.61 Å². The lowest BCUT2D eigenvalue weighted by atomic mass is 9.93. The summed E-state index contributed by atoms with van der Waals surface area (Å²) < 4.78 is 5.00. The number of aliphatic hydroxyl groups is 1. The smallest absolute Gasteiger partial charge is 0.316 e. The molecule has 0 aliphatic heterocycles. The van der Waals surface area contributed by atoms with Gasteiger partial charge in [-0.3, -0.25) is 9.59 Å². The molecule has 1 unspecified atom stereocenters. The van der Waals surface area contributed by atoms with Crippen LogP contribution in [0.4, 0.5) is 0 Å². The molecule has 0 amide bonds. The van der Waals surface area contributed by atoms with Crippen molar-refractivity contribution in [2.24, 2.45) is 5.92 Å². The van der Waals surface area contributed by atoms with E-state index in [0.29, 0.717) is 12.8 Å². The van der Waals surface area contributed by atoms with Gasteiger partial charge in [0.25, 0.3) is 0 Å². The molecule has 0 aromatic rings. The Hall–Kier alpha value is -0.900. The van der Waals surface area contributed by atoms with Gasteiger partial charge < -0.3 is 9.84 Å². The lowest BCUT2D eigenvalue weighted by Crippen LogP contribution is -2.27. The third-order valence-corrected chi connectivity index (χ3v) is 4.38. The molecular weight excluding hydrogens is 304 g/mol. The Kier molecular flexibility index (Phi) is 16.3. The van der Waals surface area contributed by atoms with E-state index in [2.05, 4.69) is 13.8 Å². The fraction of sp³-hybridized carbons (Fsp3) is 0.900. The van der Waals surface area contributed by atoms with Crippen molar-refractivity contribution in [2.75, 3.05) is 13.2 Å². The Bertz CT molecular complexity index is 315. The standard InChI is InChI=1S/C20H38O4/c1-3-5-7-9-10-11-12-14-18(20(23)24-17-16-21)19(22)15-13-8-6-4-2/h18,21H,3-17H2,1-2H3. The number of rotatable bonds is 17. The molecule has 142 valence electrons. The molecule has 0 saturated heterocycles. The first kappa shape index (κ1) is 23.1. The average molecular weight is 343 g/mol. The van der Waals surface area contributed by atoms with Gasteiger partial charge in [0.1, 0.15) is 18.3 Å². The number of aliphatic hydroxyl groups excluding tert-OH is 1. The number of carbonyl (C=O) groups excluding carboxylic acids is 2. The highest BCUT2D eigenvalue weighted by molar-refractivity contribution is 5.98. The largest absolute Gasteiger partial charge is 0.463 e. The van der Waals surface area contributed by atoms with E-state index in [0.717, 1.165) is 38.5 Å². The van der Waals surface area contributed by atoms with Crippen LogP contribution in [0, 0.1) is 5.92 Å². The minimum atomic E-state index is -0.631. The number of Topliss-reactive ketones (excluding diaryl/α,β-unsaturated/α-hetero) is 1. The predicted octanol–water partition coefficient (Wildman–Crippen LogP) is 4.82. The first-order chi connectivity index (χ1) is 11.7. The van der Waals surface area contributed by atoms with Crippen LogP contribution in [0.3, 0.4) is 0 Å². The summed E-state index contributed by atoms with van der Waals surface area (Å²) in [4.78, 5) is 24.4. The topological polar surface area (TPSA) is 63.6 Å². The van der Waals surface area contributed by atoms with Gasteiger partial charge >= 0.3 is 5.97 Å². The van der Waals surface area contributed by atoms with Crippen molar-refractivity contribution in [1.29, 1.82) is 0 Å². The molecule has 0 fully saturated rings. The molecule has 4 heteroatoms. The van der Waals surface area contributed by atoms with Crippen LogP contribution in [0.15, 0.2) is 0 Å². The van der Waals surface area contributed by atoms with Gasteiger partial charge in [0.15, 0.2) is 0 Å². The average Bonchev–Trinajstić information content (AvgIpc) is 2.59. The number of unbranched alkanes of at least 4 members (excludes halogenated alkanes) is 9. The van der Waals surface area contributed by atoms with Crippen molar-refractivity contribution < 1.29 is 19.4 Å². The maximum atomic E-state index is 12.4. The van der Waals surface area contributed by atoms with Crippen LogP contribution in [0.25, 0.3) is 0 Å². The van der Waals surface area contributed by atoms with E-state index in [1.54, 1.807) is 0 Å². The highest BCUT2D eigenvalue weighted by Gasteiger charge is 2.26. The Balaban J connectivity index is 4.17. The van der Waals surface area contributed by atoms with Gasteiger partial charge in [-0.2, -0.15) is 0 Å². The molecular formula is C20H38O4. The first-order valence-corrected chi connectivity index (χ1v) is 9.97. The van der Waals surface area contributed by atoms with Crippen LogP contribution in [0.2, 0.25) is 0 Å². The number of ether oxygens (including phenoxy) is 1. The summed E-state index contributed by atoms with van der Waals surface area (Å²) in [6.45, 7) is 4.13. The molecule has 1 N–H and O–H groups in total. The maximum absolute atomic E-state index is 12.4. The Morgan fingerprint density at radius 3 is 1.96 bits per heavy atom. The molecule has 0 aromatic heterocycles. The number of ketones is 1. The van der Waals surface area contributed by atoms with Gasteiger partial charge in [-0.25, -0.2) is 0 Å². The minimum Gasteiger partial charge on any atom is -0.463 e. The SMILES string of the molecule is CCCCCCCCCC(C(=O)CCCCCC)C(=O)OCCO. The summed E-state index contributed by atoms with van der Waals surface area (Å²) in [6.07, 6.45) is 13.4. The van der Waals surface area contributed by atoms with Crippen LogP contribution in [0.5, 0.6) is 0 Å². The van der Waals surface area contributed by atoms with Crippen molar-refractivity contribution in [3.63, 3.8) is 0 Å². The molecule has 0 heterocycles. The zero-order chi connectivity index (χ0) is 18.0. The van der Waals surface area contributed by atoms with Crippen molar-refractivity contribution >= 4 is 11.8 Å². The zero-order valence-corrected chi connectivity index (χ0v) is 15.9.